The number of nitrogens with zero attached hydrogens (tertiary/aromatic N) is 2. The fourth-order valence-electron chi connectivity index (χ4n) is 1.43. The van der Waals surface area contributed by atoms with Gasteiger partial charge in [0.05, 0.1) is 0 Å². The van der Waals surface area contributed by atoms with E-state index in [2.05, 4.69) is 4.98 Å². The quantitative estimate of drug-likeness (QED) is 0.831. The maximum Gasteiger partial charge on any atom is 0.200 e. The molecule has 0 unspecified atom stereocenters. The van der Waals surface area contributed by atoms with Crippen LogP contribution in [-0.4, -0.2) is 9.55 Å². The van der Waals surface area contributed by atoms with E-state index >= 15 is 0 Å². The number of nitrogen functional groups attached to an aromatic ring is 1. The molecule has 0 saturated heterocycles. The van der Waals surface area contributed by atoms with Crippen LogP contribution < -0.4 is 5.73 Å². The normalized spacial score (nSPS) is 10.5. The molecule has 1 aromatic heterocycles. The summed E-state index contributed by atoms with van der Waals surface area (Å²) in [6.45, 7) is 0.761. The van der Waals surface area contributed by atoms with E-state index in [0.717, 1.165) is 18.5 Å². The molecule has 78 valence electrons. The Morgan fingerprint density at radius 2 is 2.00 bits per heavy atom. The maximum absolute atomic E-state index is 12.6. The van der Waals surface area contributed by atoms with Crippen molar-refractivity contribution in [1.29, 1.82) is 0 Å². The predicted octanol–water partition coefficient (Wildman–Crippen LogP) is 1.85. The number of imidazole rings is 1. The molecule has 0 atom stereocenters. The zero-order chi connectivity index (χ0) is 10.7. The lowest BCUT2D eigenvalue weighted by atomic mass is 10.1. The lowest BCUT2D eigenvalue weighted by Crippen LogP contribution is -2.04. The highest BCUT2D eigenvalue weighted by atomic mass is 19.1. The molecular formula is C11H12FN3. The highest BCUT2D eigenvalue weighted by Gasteiger charge is 1.98. The molecule has 0 fully saturated rings. The number of hydrogen-bond donors (Lipinski definition) is 1. The van der Waals surface area contributed by atoms with Crippen LogP contribution in [0, 0.1) is 5.82 Å². The summed E-state index contributed by atoms with van der Waals surface area (Å²) in [7, 11) is 0. The number of anilines is 1. The van der Waals surface area contributed by atoms with Crippen LogP contribution in [0.1, 0.15) is 5.56 Å². The Bertz CT molecular complexity index is 433. The third kappa shape index (κ3) is 2.34. The molecule has 0 aliphatic rings. The topological polar surface area (TPSA) is 43.8 Å². The Hall–Kier alpha value is -1.84. The van der Waals surface area contributed by atoms with Crippen molar-refractivity contribution in [2.24, 2.45) is 0 Å². The first kappa shape index (κ1) is 9.71. The number of halogens is 1. The molecule has 0 bridgehead atoms. The van der Waals surface area contributed by atoms with Gasteiger partial charge in [-0.15, -0.1) is 0 Å². The number of nitrogens with two attached hydrogens (primary N) is 1. The Balaban J connectivity index is 1.99. The number of aryl methyl sites for hydroxylation is 2. The summed E-state index contributed by atoms with van der Waals surface area (Å²) in [6, 6.07) is 6.49. The monoisotopic (exact) mass is 205 g/mol. The molecule has 1 aromatic carbocycles. The number of hydrogen-bond acceptors (Lipinski definition) is 2. The fourth-order valence-corrected chi connectivity index (χ4v) is 1.43. The van der Waals surface area contributed by atoms with Crippen molar-refractivity contribution < 1.29 is 4.39 Å². The standard InChI is InChI=1S/C11H12FN3/c12-10-3-1-9(2-4-10)5-7-15-8-6-14-11(15)13/h1-4,6,8H,5,7H2,(H2,13,14). The van der Waals surface area contributed by atoms with Crippen LogP contribution in [0.3, 0.4) is 0 Å². The molecule has 0 saturated carbocycles. The van der Waals surface area contributed by atoms with E-state index in [4.69, 9.17) is 5.73 Å². The van der Waals surface area contributed by atoms with E-state index in [1.54, 1.807) is 18.3 Å². The molecule has 1 heterocycles. The van der Waals surface area contributed by atoms with E-state index in [1.807, 2.05) is 10.8 Å². The van der Waals surface area contributed by atoms with Gasteiger partial charge in [0.15, 0.2) is 5.95 Å². The largest absolute Gasteiger partial charge is 0.369 e. The van der Waals surface area contributed by atoms with Gasteiger partial charge in [0.25, 0.3) is 0 Å². The molecule has 2 aromatic rings. The summed E-state index contributed by atoms with van der Waals surface area (Å²) in [5.41, 5.74) is 6.71. The summed E-state index contributed by atoms with van der Waals surface area (Å²) >= 11 is 0. The van der Waals surface area contributed by atoms with Crippen molar-refractivity contribution in [3.05, 3.63) is 48.0 Å². The van der Waals surface area contributed by atoms with Crippen LogP contribution in [0.5, 0.6) is 0 Å². The fraction of sp³-hybridized carbons (Fsp3) is 0.182. The van der Waals surface area contributed by atoms with Crippen molar-refractivity contribution >= 4 is 5.95 Å². The second-order valence-corrected chi connectivity index (χ2v) is 3.36. The molecular weight excluding hydrogens is 193 g/mol. The molecule has 2 rings (SSSR count). The summed E-state index contributed by atoms with van der Waals surface area (Å²) in [5.74, 6) is 0.304. The maximum atomic E-state index is 12.6. The number of benzene rings is 1. The van der Waals surface area contributed by atoms with Gasteiger partial charge in [-0.05, 0) is 24.1 Å². The Morgan fingerprint density at radius 1 is 1.27 bits per heavy atom. The van der Waals surface area contributed by atoms with Gasteiger partial charge in [0, 0.05) is 18.9 Å². The lowest BCUT2D eigenvalue weighted by molar-refractivity contribution is 0.625. The van der Waals surface area contributed by atoms with Gasteiger partial charge in [0.1, 0.15) is 5.82 Å². The van der Waals surface area contributed by atoms with E-state index in [1.165, 1.54) is 12.1 Å². The molecule has 0 radical (unpaired) electrons. The minimum absolute atomic E-state index is 0.208. The Labute approximate surface area is 87.4 Å². The number of rotatable bonds is 3. The third-order valence-electron chi connectivity index (χ3n) is 2.30. The highest BCUT2D eigenvalue weighted by Crippen LogP contribution is 2.06. The van der Waals surface area contributed by atoms with Gasteiger partial charge in [-0.25, -0.2) is 9.37 Å². The van der Waals surface area contributed by atoms with Gasteiger partial charge >= 0.3 is 0 Å². The van der Waals surface area contributed by atoms with Crippen LogP contribution in [0.4, 0.5) is 10.3 Å². The van der Waals surface area contributed by atoms with E-state index < -0.39 is 0 Å². The average Bonchev–Trinajstić information content (AvgIpc) is 2.63. The van der Waals surface area contributed by atoms with Crippen LogP contribution >= 0.6 is 0 Å². The smallest absolute Gasteiger partial charge is 0.200 e. The summed E-state index contributed by atoms with van der Waals surface area (Å²) in [4.78, 5) is 3.92. The second kappa shape index (κ2) is 4.13. The summed E-state index contributed by atoms with van der Waals surface area (Å²) in [6.07, 6.45) is 4.32. The minimum Gasteiger partial charge on any atom is -0.369 e. The molecule has 0 spiro atoms. The molecule has 15 heavy (non-hydrogen) atoms. The summed E-state index contributed by atoms with van der Waals surface area (Å²) in [5, 5.41) is 0. The molecule has 3 nitrogen and oxygen atoms in total. The van der Waals surface area contributed by atoms with Crippen molar-refractivity contribution in [3.8, 4) is 0 Å². The molecule has 0 amide bonds. The lowest BCUT2D eigenvalue weighted by Gasteiger charge is -2.04. The van der Waals surface area contributed by atoms with Crippen LogP contribution in [0.15, 0.2) is 36.7 Å². The first-order chi connectivity index (χ1) is 7.25. The zero-order valence-electron chi connectivity index (χ0n) is 8.23. The van der Waals surface area contributed by atoms with Crippen molar-refractivity contribution in [2.75, 3.05) is 5.73 Å². The molecule has 0 aliphatic heterocycles. The molecule has 2 N–H and O–H groups in total. The summed E-state index contributed by atoms with van der Waals surface area (Å²) < 4.78 is 14.5. The Morgan fingerprint density at radius 3 is 2.60 bits per heavy atom. The first-order valence-corrected chi connectivity index (χ1v) is 4.77. The minimum atomic E-state index is -0.208. The Kier molecular flexibility index (Phi) is 2.67. The van der Waals surface area contributed by atoms with Gasteiger partial charge in [-0.1, -0.05) is 12.1 Å². The van der Waals surface area contributed by atoms with Crippen LogP contribution in [-0.2, 0) is 13.0 Å². The van der Waals surface area contributed by atoms with Crippen molar-refractivity contribution in [2.45, 2.75) is 13.0 Å². The van der Waals surface area contributed by atoms with Gasteiger partial charge in [-0.3, -0.25) is 0 Å². The highest BCUT2D eigenvalue weighted by molar-refractivity contribution is 5.19. The van der Waals surface area contributed by atoms with Gasteiger partial charge in [0.2, 0.25) is 0 Å². The van der Waals surface area contributed by atoms with Crippen LogP contribution in [0.2, 0.25) is 0 Å². The van der Waals surface area contributed by atoms with Gasteiger partial charge < -0.3 is 10.3 Å². The van der Waals surface area contributed by atoms with E-state index in [0.29, 0.717) is 5.95 Å². The average molecular weight is 205 g/mol. The van der Waals surface area contributed by atoms with Gasteiger partial charge in [-0.2, -0.15) is 0 Å². The molecule has 0 aliphatic carbocycles. The zero-order valence-corrected chi connectivity index (χ0v) is 8.23. The van der Waals surface area contributed by atoms with E-state index in [-0.39, 0.29) is 5.82 Å². The molecule has 4 heteroatoms. The number of aromatic nitrogens is 2. The van der Waals surface area contributed by atoms with Crippen molar-refractivity contribution in [3.63, 3.8) is 0 Å². The van der Waals surface area contributed by atoms with E-state index in [9.17, 15) is 4.39 Å². The predicted molar refractivity (Wildman–Crippen MR) is 56.7 cm³/mol. The second-order valence-electron chi connectivity index (χ2n) is 3.36. The van der Waals surface area contributed by atoms with Crippen LogP contribution in [0.25, 0.3) is 0 Å². The SMILES string of the molecule is Nc1nccn1CCc1ccc(F)cc1. The van der Waals surface area contributed by atoms with Crippen molar-refractivity contribution in [1.82, 2.24) is 9.55 Å². The first-order valence-electron chi connectivity index (χ1n) is 4.77. The third-order valence-corrected chi connectivity index (χ3v) is 2.30.